The van der Waals surface area contributed by atoms with Crippen LogP contribution in [0.5, 0.6) is 0 Å². The van der Waals surface area contributed by atoms with Gasteiger partial charge in [-0.15, -0.1) is 0 Å². The maximum Gasteiger partial charge on any atom is 0.410 e. The molecule has 208 valence electrons. The lowest BCUT2D eigenvalue weighted by atomic mass is 10.0. The Morgan fingerprint density at radius 1 is 1.05 bits per heavy atom. The molecule has 2 heterocycles. The van der Waals surface area contributed by atoms with Gasteiger partial charge in [-0.3, -0.25) is 4.79 Å². The number of fused-ring (bicyclic) bond motifs is 4. The van der Waals surface area contributed by atoms with Crippen molar-refractivity contribution in [2.24, 2.45) is 0 Å². The van der Waals surface area contributed by atoms with Crippen molar-refractivity contribution in [1.82, 2.24) is 15.5 Å². The van der Waals surface area contributed by atoms with Gasteiger partial charge in [0.05, 0.1) is 12.6 Å². The molecule has 2 aromatic rings. The predicted molar refractivity (Wildman–Crippen MR) is 149 cm³/mol. The molecule has 2 N–H and O–H groups in total. The van der Waals surface area contributed by atoms with Gasteiger partial charge in [0.15, 0.2) is 0 Å². The fraction of sp³-hybridized carbons (Fsp3) is 0.433. The zero-order valence-electron chi connectivity index (χ0n) is 22.9. The molecule has 2 aliphatic rings. The number of anilines is 1. The first kappa shape index (κ1) is 28.0. The van der Waals surface area contributed by atoms with Crippen LogP contribution in [0.15, 0.2) is 66.7 Å². The molecule has 1 fully saturated rings. The van der Waals surface area contributed by atoms with E-state index in [-0.39, 0.29) is 25.1 Å². The third-order valence-electron chi connectivity index (χ3n) is 6.59. The molecule has 9 nitrogen and oxygen atoms in total. The second kappa shape index (κ2) is 12.7. The number of carbonyl (C=O) groups excluding carboxylic acids is 3. The number of ether oxygens (including phenoxy) is 2. The standard InChI is InChI=1S/C30H38N4O5/c1-30(2,3)39-29(37)33-17-18-34-24-14-10-13-23(19-24)25(15-8-5-9-16-31-27(35)26(34)20-33)32-28(36)38-21-22-11-6-4-7-12-22/h4-8,10-14,19,25-26H,9,15-18,20-21H2,1-3H3,(H,31,35)(H,32,36)/b8-5+/t25-,26-/m0/s1. The van der Waals surface area contributed by atoms with E-state index in [4.69, 9.17) is 9.47 Å². The molecule has 9 heteroatoms. The highest BCUT2D eigenvalue weighted by atomic mass is 16.6. The topological polar surface area (TPSA) is 100 Å². The average Bonchev–Trinajstić information content (AvgIpc) is 2.92. The summed E-state index contributed by atoms with van der Waals surface area (Å²) in [6.07, 6.45) is 4.32. The van der Waals surface area contributed by atoms with Crippen LogP contribution in [0.2, 0.25) is 0 Å². The van der Waals surface area contributed by atoms with Crippen molar-refractivity contribution in [1.29, 1.82) is 0 Å². The van der Waals surface area contributed by atoms with E-state index in [0.29, 0.717) is 32.5 Å². The molecule has 2 aliphatic heterocycles. The molecule has 2 bridgehead atoms. The van der Waals surface area contributed by atoms with Crippen LogP contribution in [-0.2, 0) is 20.9 Å². The number of benzene rings is 2. The van der Waals surface area contributed by atoms with Crippen LogP contribution in [0.4, 0.5) is 15.3 Å². The summed E-state index contributed by atoms with van der Waals surface area (Å²) < 4.78 is 11.0. The molecule has 3 amide bonds. The molecule has 0 spiro atoms. The largest absolute Gasteiger partial charge is 0.445 e. The number of piperazine rings is 1. The van der Waals surface area contributed by atoms with Crippen LogP contribution in [0, 0.1) is 0 Å². The fourth-order valence-electron chi connectivity index (χ4n) is 4.66. The Hall–Kier alpha value is -4.01. The van der Waals surface area contributed by atoms with Gasteiger partial charge in [-0.05, 0) is 56.9 Å². The molecule has 1 saturated heterocycles. The lowest BCUT2D eigenvalue weighted by Gasteiger charge is -2.42. The molecule has 0 unspecified atom stereocenters. The van der Waals surface area contributed by atoms with Crippen LogP contribution in [0.25, 0.3) is 0 Å². The number of rotatable bonds is 3. The minimum absolute atomic E-state index is 0.138. The second-order valence-electron chi connectivity index (χ2n) is 10.8. The van der Waals surface area contributed by atoms with Crippen molar-refractivity contribution < 1.29 is 23.9 Å². The lowest BCUT2D eigenvalue weighted by molar-refractivity contribution is -0.123. The van der Waals surface area contributed by atoms with Crippen molar-refractivity contribution >= 4 is 23.8 Å². The number of hydrogen-bond acceptors (Lipinski definition) is 6. The smallest absolute Gasteiger partial charge is 0.410 e. The van der Waals surface area contributed by atoms with E-state index in [1.54, 1.807) is 4.90 Å². The van der Waals surface area contributed by atoms with Crippen molar-refractivity contribution in [3.05, 3.63) is 77.9 Å². The van der Waals surface area contributed by atoms with E-state index >= 15 is 0 Å². The van der Waals surface area contributed by atoms with E-state index < -0.39 is 23.8 Å². The fourth-order valence-corrected chi connectivity index (χ4v) is 4.66. The van der Waals surface area contributed by atoms with Crippen LogP contribution in [0.3, 0.4) is 0 Å². The third-order valence-corrected chi connectivity index (χ3v) is 6.59. The summed E-state index contributed by atoms with van der Waals surface area (Å²) in [5, 5.41) is 6.02. The van der Waals surface area contributed by atoms with Crippen molar-refractivity contribution in [2.45, 2.75) is 57.9 Å². The lowest BCUT2D eigenvalue weighted by Crippen LogP contribution is -2.60. The van der Waals surface area contributed by atoms with Gasteiger partial charge in [0.2, 0.25) is 5.91 Å². The van der Waals surface area contributed by atoms with E-state index in [1.807, 2.05) is 92.4 Å². The summed E-state index contributed by atoms with van der Waals surface area (Å²) in [7, 11) is 0. The van der Waals surface area contributed by atoms with E-state index in [9.17, 15) is 14.4 Å². The molecule has 0 saturated carbocycles. The highest BCUT2D eigenvalue weighted by molar-refractivity contribution is 5.87. The second-order valence-corrected chi connectivity index (χ2v) is 10.8. The van der Waals surface area contributed by atoms with Crippen LogP contribution < -0.4 is 15.5 Å². The summed E-state index contributed by atoms with van der Waals surface area (Å²) in [6, 6.07) is 16.5. The third kappa shape index (κ3) is 7.99. The normalized spacial score (nSPS) is 20.7. The Bertz CT molecular complexity index is 1180. The zero-order chi connectivity index (χ0) is 27.8. The average molecular weight is 535 g/mol. The Morgan fingerprint density at radius 2 is 1.85 bits per heavy atom. The first-order valence-corrected chi connectivity index (χ1v) is 13.4. The molecule has 39 heavy (non-hydrogen) atoms. The van der Waals surface area contributed by atoms with Crippen LogP contribution in [0.1, 0.15) is 50.8 Å². The van der Waals surface area contributed by atoms with Crippen LogP contribution >= 0.6 is 0 Å². The molecule has 0 radical (unpaired) electrons. The van der Waals surface area contributed by atoms with Gasteiger partial charge in [0, 0.05) is 25.3 Å². The Morgan fingerprint density at radius 3 is 2.62 bits per heavy atom. The van der Waals surface area contributed by atoms with Crippen LogP contribution in [-0.4, -0.2) is 60.8 Å². The first-order chi connectivity index (χ1) is 18.7. The maximum absolute atomic E-state index is 13.3. The van der Waals surface area contributed by atoms with Gasteiger partial charge < -0.3 is 29.9 Å². The molecule has 0 aromatic heterocycles. The van der Waals surface area contributed by atoms with E-state index in [2.05, 4.69) is 10.6 Å². The van der Waals surface area contributed by atoms with Gasteiger partial charge in [0.1, 0.15) is 18.2 Å². The Kier molecular flexibility index (Phi) is 9.11. The quantitative estimate of drug-likeness (QED) is 0.561. The van der Waals surface area contributed by atoms with Gasteiger partial charge in [-0.1, -0.05) is 54.6 Å². The molecule has 4 rings (SSSR count). The van der Waals surface area contributed by atoms with E-state index in [0.717, 1.165) is 16.8 Å². The van der Waals surface area contributed by atoms with Gasteiger partial charge in [-0.25, -0.2) is 9.59 Å². The number of amides is 3. The monoisotopic (exact) mass is 534 g/mol. The number of alkyl carbamates (subject to hydrolysis) is 1. The van der Waals surface area contributed by atoms with Gasteiger partial charge >= 0.3 is 12.2 Å². The SMILES string of the molecule is CC(C)(C)OC(=O)N1CCN2c3cccc(c3)[C@@H](NC(=O)OCc3ccccc3)C/C=C/CCNC(=O)[C@@H]2C1. The van der Waals surface area contributed by atoms with E-state index in [1.165, 1.54) is 0 Å². The molecular formula is C30H38N4O5. The minimum atomic E-state index is -0.619. The molecule has 2 atom stereocenters. The number of nitrogens with one attached hydrogen (secondary N) is 2. The highest BCUT2D eigenvalue weighted by Crippen LogP contribution is 2.27. The summed E-state index contributed by atoms with van der Waals surface area (Å²) in [4.78, 5) is 42.4. The molecular weight excluding hydrogens is 496 g/mol. The summed E-state index contributed by atoms with van der Waals surface area (Å²) in [5.74, 6) is -0.138. The Balaban J connectivity index is 1.53. The zero-order valence-corrected chi connectivity index (χ0v) is 22.9. The molecule has 0 aliphatic carbocycles. The van der Waals surface area contributed by atoms with Gasteiger partial charge in [-0.2, -0.15) is 0 Å². The minimum Gasteiger partial charge on any atom is -0.445 e. The number of carbonyl (C=O) groups is 3. The van der Waals surface area contributed by atoms with Crippen molar-refractivity contribution in [2.75, 3.05) is 31.1 Å². The highest BCUT2D eigenvalue weighted by Gasteiger charge is 2.36. The van der Waals surface area contributed by atoms with Gasteiger partial charge in [0.25, 0.3) is 0 Å². The predicted octanol–water partition coefficient (Wildman–Crippen LogP) is 4.55. The van der Waals surface area contributed by atoms with Crippen molar-refractivity contribution in [3.8, 4) is 0 Å². The summed E-state index contributed by atoms with van der Waals surface area (Å²) in [5.41, 5.74) is 2.05. The maximum atomic E-state index is 13.3. The summed E-state index contributed by atoms with van der Waals surface area (Å²) in [6.45, 7) is 7.26. The first-order valence-electron chi connectivity index (χ1n) is 13.4. The number of hydrogen-bond donors (Lipinski definition) is 2. The van der Waals surface area contributed by atoms with Crippen molar-refractivity contribution in [3.63, 3.8) is 0 Å². The molecule has 2 aromatic carbocycles. The number of nitrogens with zero attached hydrogens (tertiary/aromatic N) is 2. The Labute approximate surface area is 230 Å². The summed E-state index contributed by atoms with van der Waals surface area (Å²) >= 11 is 0.